The highest BCUT2D eigenvalue weighted by molar-refractivity contribution is 7.89. The highest BCUT2D eigenvalue weighted by Gasteiger charge is 2.34. The fourth-order valence-corrected chi connectivity index (χ4v) is 4.55. The Hall–Kier alpha value is -2.51. The number of carbonyl (C=O) groups excluding carboxylic acids is 2. The molecule has 8 nitrogen and oxygen atoms in total. The third-order valence-electron chi connectivity index (χ3n) is 3.75. The topological polar surface area (TPSA) is 108 Å². The first-order valence-corrected chi connectivity index (χ1v) is 10.1. The Morgan fingerprint density at radius 2 is 2.07 bits per heavy atom. The van der Waals surface area contributed by atoms with Gasteiger partial charge in [0.2, 0.25) is 15.9 Å². The van der Waals surface area contributed by atoms with E-state index in [0.717, 1.165) is 15.8 Å². The molecule has 2 heterocycles. The summed E-state index contributed by atoms with van der Waals surface area (Å²) >= 11 is 0.598. The van der Waals surface area contributed by atoms with Crippen molar-refractivity contribution in [2.45, 2.75) is 11.1 Å². The third kappa shape index (κ3) is 4.31. The Labute approximate surface area is 161 Å². The molecule has 1 aliphatic rings. The molecule has 2 amide bonds. The van der Waals surface area contributed by atoms with Crippen molar-refractivity contribution < 1.29 is 31.2 Å². The van der Waals surface area contributed by atoms with Crippen LogP contribution >= 0.6 is 11.3 Å². The van der Waals surface area contributed by atoms with Gasteiger partial charge >= 0.3 is 6.18 Å². The van der Waals surface area contributed by atoms with Crippen LogP contribution in [0.4, 0.5) is 18.3 Å². The minimum Gasteiger partial charge on any atom is -0.354 e. The van der Waals surface area contributed by atoms with Gasteiger partial charge in [0.25, 0.3) is 5.91 Å². The van der Waals surface area contributed by atoms with E-state index in [4.69, 9.17) is 0 Å². The maximum absolute atomic E-state index is 12.7. The SMILES string of the molecule is O=C1CN(S(=O)(=O)c2cccc(C(=O)Nc3nc(C(F)(F)F)cs3)c2)CCN1. The molecular formula is C15H13F3N4O4S2. The quantitative estimate of drug-likeness (QED) is 0.759. The van der Waals surface area contributed by atoms with Crippen molar-refractivity contribution in [2.24, 2.45) is 0 Å². The molecule has 0 bridgehead atoms. The summed E-state index contributed by atoms with van der Waals surface area (Å²) in [7, 11) is -4.01. The third-order valence-corrected chi connectivity index (χ3v) is 6.35. The van der Waals surface area contributed by atoms with Crippen LogP contribution in [0.5, 0.6) is 0 Å². The second-order valence-corrected chi connectivity index (χ2v) is 8.50. The molecular weight excluding hydrogens is 421 g/mol. The molecule has 1 aromatic heterocycles. The normalized spacial score (nSPS) is 15.9. The molecule has 1 aliphatic heterocycles. The van der Waals surface area contributed by atoms with E-state index < -0.39 is 33.7 Å². The first kappa shape index (κ1) is 20.2. The summed E-state index contributed by atoms with van der Waals surface area (Å²) in [6, 6.07) is 5.00. The van der Waals surface area contributed by atoms with Gasteiger partial charge in [-0.1, -0.05) is 6.07 Å². The predicted octanol–water partition coefficient (Wildman–Crippen LogP) is 1.53. The number of nitrogens with one attached hydrogen (secondary N) is 2. The van der Waals surface area contributed by atoms with Gasteiger partial charge in [-0.15, -0.1) is 11.3 Å². The zero-order chi connectivity index (χ0) is 20.5. The number of anilines is 1. The fourth-order valence-electron chi connectivity index (χ4n) is 2.40. The summed E-state index contributed by atoms with van der Waals surface area (Å²) in [5.41, 5.74) is -1.21. The van der Waals surface area contributed by atoms with Crippen molar-refractivity contribution in [2.75, 3.05) is 25.0 Å². The van der Waals surface area contributed by atoms with Crippen molar-refractivity contribution in [1.29, 1.82) is 0 Å². The molecule has 0 spiro atoms. The van der Waals surface area contributed by atoms with E-state index in [1.165, 1.54) is 18.2 Å². The molecule has 0 aliphatic carbocycles. The molecule has 0 unspecified atom stereocenters. The number of rotatable bonds is 4. The molecule has 0 atom stereocenters. The Balaban J connectivity index is 1.80. The lowest BCUT2D eigenvalue weighted by Gasteiger charge is -2.26. The first-order valence-electron chi connectivity index (χ1n) is 7.78. The van der Waals surface area contributed by atoms with E-state index >= 15 is 0 Å². The summed E-state index contributed by atoms with van der Waals surface area (Å²) < 4.78 is 64.0. The minimum atomic E-state index is -4.63. The van der Waals surface area contributed by atoms with Gasteiger partial charge in [-0.05, 0) is 18.2 Å². The number of hydrogen-bond donors (Lipinski definition) is 2. The monoisotopic (exact) mass is 434 g/mol. The molecule has 13 heteroatoms. The molecule has 2 N–H and O–H groups in total. The van der Waals surface area contributed by atoms with E-state index in [9.17, 15) is 31.2 Å². The van der Waals surface area contributed by atoms with Crippen LogP contribution in [0, 0.1) is 0 Å². The molecule has 28 heavy (non-hydrogen) atoms. The Bertz CT molecular complexity index is 1020. The number of thiazole rings is 1. The molecule has 0 saturated carbocycles. The maximum Gasteiger partial charge on any atom is 0.434 e. The van der Waals surface area contributed by atoms with E-state index in [1.807, 2.05) is 0 Å². The fraction of sp³-hybridized carbons (Fsp3) is 0.267. The number of aromatic nitrogens is 1. The lowest BCUT2D eigenvalue weighted by atomic mass is 10.2. The Kier molecular flexibility index (Phi) is 5.41. The Morgan fingerprint density at radius 3 is 2.71 bits per heavy atom. The zero-order valence-corrected chi connectivity index (χ0v) is 15.6. The van der Waals surface area contributed by atoms with Crippen LogP contribution in [0.25, 0.3) is 0 Å². The first-order chi connectivity index (χ1) is 13.1. The van der Waals surface area contributed by atoms with Gasteiger partial charge in [0, 0.05) is 24.0 Å². The lowest BCUT2D eigenvalue weighted by Crippen LogP contribution is -2.49. The number of nitrogens with zero attached hydrogens (tertiary/aromatic N) is 2. The number of sulfonamides is 1. The number of alkyl halides is 3. The molecule has 1 fully saturated rings. The van der Waals surface area contributed by atoms with Crippen LogP contribution in [-0.2, 0) is 21.0 Å². The van der Waals surface area contributed by atoms with Crippen molar-refractivity contribution in [3.8, 4) is 0 Å². The molecule has 3 rings (SSSR count). The Morgan fingerprint density at radius 1 is 1.32 bits per heavy atom. The molecule has 2 aromatic rings. The van der Waals surface area contributed by atoms with Gasteiger partial charge in [-0.2, -0.15) is 17.5 Å². The number of piperazine rings is 1. The lowest BCUT2D eigenvalue weighted by molar-refractivity contribution is -0.140. The minimum absolute atomic E-state index is 0.0775. The van der Waals surface area contributed by atoms with Gasteiger partial charge < -0.3 is 5.32 Å². The van der Waals surface area contributed by atoms with E-state index in [1.54, 1.807) is 0 Å². The number of benzene rings is 1. The van der Waals surface area contributed by atoms with Crippen LogP contribution in [-0.4, -0.2) is 49.2 Å². The molecule has 0 radical (unpaired) electrons. The van der Waals surface area contributed by atoms with Crippen LogP contribution in [0.2, 0.25) is 0 Å². The van der Waals surface area contributed by atoms with Crippen LogP contribution in [0.1, 0.15) is 16.1 Å². The maximum atomic E-state index is 12.7. The zero-order valence-electron chi connectivity index (χ0n) is 14.0. The van der Waals surface area contributed by atoms with E-state index in [0.29, 0.717) is 11.3 Å². The van der Waals surface area contributed by atoms with Crippen molar-refractivity contribution in [3.05, 3.63) is 40.9 Å². The number of amides is 2. The summed E-state index contributed by atoms with van der Waals surface area (Å²) in [5, 5.41) is 5.22. The van der Waals surface area contributed by atoms with Gasteiger partial charge in [-0.3, -0.25) is 14.9 Å². The highest BCUT2D eigenvalue weighted by Crippen LogP contribution is 2.31. The van der Waals surface area contributed by atoms with Crippen molar-refractivity contribution in [1.82, 2.24) is 14.6 Å². The van der Waals surface area contributed by atoms with Gasteiger partial charge in [-0.25, -0.2) is 13.4 Å². The summed E-state index contributed by atoms with van der Waals surface area (Å²) in [4.78, 5) is 26.8. The second-order valence-electron chi connectivity index (χ2n) is 5.71. The van der Waals surface area contributed by atoms with Gasteiger partial charge in [0.05, 0.1) is 11.4 Å². The van der Waals surface area contributed by atoms with Crippen LogP contribution < -0.4 is 10.6 Å². The van der Waals surface area contributed by atoms with Gasteiger partial charge in [0.15, 0.2) is 10.8 Å². The predicted molar refractivity (Wildman–Crippen MR) is 93.3 cm³/mol. The van der Waals surface area contributed by atoms with Crippen LogP contribution in [0.3, 0.4) is 0 Å². The number of halogens is 3. The highest BCUT2D eigenvalue weighted by atomic mass is 32.2. The van der Waals surface area contributed by atoms with E-state index in [-0.39, 0.29) is 35.2 Å². The summed E-state index contributed by atoms with van der Waals surface area (Å²) in [5.74, 6) is -1.25. The van der Waals surface area contributed by atoms with Gasteiger partial charge in [0.1, 0.15) is 0 Å². The second kappa shape index (κ2) is 7.48. The summed E-state index contributed by atoms with van der Waals surface area (Å²) in [6.07, 6.45) is -4.63. The number of carbonyl (C=O) groups is 2. The summed E-state index contributed by atoms with van der Waals surface area (Å²) in [6.45, 7) is -0.0776. The van der Waals surface area contributed by atoms with Crippen LogP contribution in [0.15, 0.2) is 34.5 Å². The smallest absolute Gasteiger partial charge is 0.354 e. The molecule has 1 saturated heterocycles. The average Bonchev–Trinajstić information content (AvgIpc) is 3.11. The van der Waals surface area contributed by atoms with Crippen molar-refractivity contribution in [3.63, 3.8) is 0 Å². The molecule has 150 valence electrons. The average molecular weight is 434 g/mol. The molecule has 1 aromatic carbocycles. The van der Waals surface area contributed by atoms with E-state index in [2.05, 4.69) is 15.6 Å². The van der Waals surface area contributed by atoms with Crippen molar-refractivity contribution >= 4 is 38.3 Å². The standard InChI is InChI=1S/C15H13F3N4O4S2/c16-15(17,18)11-8-27-14(20-11)21-13(24)9-2-1-3-10(6-9)28(25,26)22-5-4-19-12(23)7-22/h1-3,6,8H,4-5,7H2,(H,19,23)(H,20,21,24). The largest absolute Gasteiger partial charge is 0.434 e. The number of hydrogen-bond acceptors (Lipinski definition) is 6.